The number of anilines is 1. The second-order valence-electron chi connectivity index (χ2n) is 6.76. The van der Waals surface area contributed by atoms with Crippen molar-refractivity contribution in [3.05, 3.63) is 23.2 Å². The largest absolute Gasteiger partial charge is 0.389 e. The first-order valence-corrected chi connectivity index (χ1v) is 8.86. The van der Waals surface area contributed by atoms with Gasteiger partial charge in [0.25, 0.3) is 5.91 Å². The van der Waals surface area contributed by atoms with Gasteiger partial charge in [-0.1, -0.05) is 11.3 Å². The molecule has 24 heavy (non-hydrogen) atoms. The van der Waals surface area contributed by atoms with Gasteiger partial charge in [0, 0.05) is 32.4 Å². The molecule has 2 fully saturated rings. The van der Waals surface area contributed by atoms with Crippen LogP contribution in [0.15, 0.2) is 12.5 Å². The Morgan fingerprint density at radius 2 is 2.33 bits per heavy atom. The smallest absolute Gasteiger partial charge is 0.271 e. The third-order valence-corrected chi connectivity index (χ3v) is 5.79. The summed E-state index contributed by atoms with van der Waals surface area (Å²) in [5, 5.41) is 21.9. The lowest BCUT2D eigenvalue weighted by Gasteiger charge is -2.23. The molecule has 0 bridgehead atoms. The maximum atomic E-state index is 12.2. The summed E-state index contributed by atoms with van der Waals surface area (Å²) < 4.78 is 1.76. The number of amides is 1. The molecular formula is C15H20N6O2S. The topological polar surface area (TPSA) is 96.2 Å². The minimum Gasteiger partial charge on any atom is -0.389 e. The summed E-state index contributed by atoms with van der Waals surface area (Å²) >= 11 is 1.42. The SMILES string of the molecule is Cn1cnc(C(=O)NCC2CC3(CC3)CN2c2nnc(CO)s2)c1. The number of hydrogen-bond acceptors (Lipinski definition) is 7. The third kappa shape index (κ3) is 2.89. The molecule has 2 N–H and O–H groups in total. The van der Waals surface area contributed by atoms with Crippen molar-refractivity contribution in [2.75, 3.05) is 18.0 Å². The van der Waals surface area contributed by atoms with Crippen molar-refractivity contribution in [1.29, 1.82) is 0 Å². The number of aromatic nitrogens is 4. The lowest BCUT2D eigenvalue weighted by Crippen LogP contribution is -2.40. The molecule has 2 aliphatic rings. The predicted octanol–water partition coefficient (Wildman–Crippen LogP) is 0.553. The van der Waals surface area contributed by atoms with Crippen LogP contribution in [-0.4, -0.2) is 49.9 Å². The first kappa shape index (κ1) is 15.5. The van der Waals surface area contributed by atoms with Crippen molar-refractivity contribution in [3.63, 3.8) is 0 Å². The molecule has 128 valence electrons. The highest BCUT2D eigenvalue weighted by atomic mass is 32.1. The van der Waals surface area contributed by atoms with E-state index < -0.39 is 0 Å². The Balaban J connectivity index is 1.45. The van der Waals surface area contributed by atoms with Gasteiger partial charge in [-0.2, -0.15) is 0 Å². The predicted molar refractivity (Wildman–Crippen MR) is 88.8 cm³/mol. The summed E-state index contributed by atoms with van der Waals surface area (Å²) in [7, 11) is 1.84. The van der Waals surface area contributed by atoms with E-state index >= 15 is 0 Å². The molecule has 1 unspecified atom stereocenters. The molecule has 8 nitrogen and oxygen atoms in total. The highest BCUT2D eigenvalue weighted by Gasteiger charge is 2.52. The standard InChI is InChI=1S/C15H20N6O2S/c1-20-6-11(17-9-20)13(23)16-5-10-4-15(2-3-15)8-21(10)14-19-18-12(7-22)24-14/h6,9-10,22H,2-5,7-8H2,1H3,(H,16,23). The molecule has 1 aliphatic carbocycles. The van der Waals surface area contributed by atoms with Gasteiger partial charge in [-0.05, 0) is 24.7 Å². The van der Waals surface area contributed by atoms with Crippen LogP contribution in [0, 0.1) is 5.41 Å². The number of imidazole rings is 1. The van der Waals surface area contributed by atoms with Crippen LogP contribution in [-0.2, 0) is 13.7 Å². The van der Waals surface area contributed by atoms with Crippen molar-refractivity contribution in [2.45, 2.75) is 31.9 Å². The van der Waals surface area contributed by atoms with Crippen molar-refractivity contribution in [1.82, 2.24) is 25.1 Å². The maximum Gasteiger partial charge on any atom is 0.271 e. The van der Waals surface area contributed by atoms with E-state index in [0.29, 0.717) is 22.7 Å². The number of aliphatic hydroxyl groups excluding tert-OH is 1. The second kappa shape index (κ2) is 5.82. The Kier molecular flexibility index (Phi) is 3.76. The Morgan fingerprint density at radius 1 is 1.50 bits per heavy atom. The summed E-state index contributed by atoms with van der Waals surface area (Å²) in [5.41, 5.74) is 0.812. The number of rotatable bonds is 5. The molecule has 4 rings (SSSR count). The number of carbonyl (C=O) groups is 1. The van der Waals surface area contributed by atoms with Gasteiger partial charge < -0.3 is 19.9 Å². The van der Waals surface area contributed by atoms with Gasteiger partial charge in [0.05, 0.1) is 12.9 Å². The number of hydrogen-bond donors (Lipinski definition) is 2. The average molecular weight is 348 g/mol. The molecule has 1 aliphatic heterocycles. The fourth-order valence-electron chi connectivity index (χ4n) is 3.37. The zero-order chi connectivity index (χ0) is 16.7. The molecule has 9 heteroatoms. The Morgan fingerprint density at radius 3 is 2.96 bits per heavy atom. The second-order valence-corrected chi connectivity index (χ2v) is 7.80. The number of nitrogens with zero attached hydrogens (tertiary/aromatic N) is 5. The van der Waals surface area contributed by atoms with Crippen LogP contribution >= 0.6 is 11.3 Å². The fraction of sp³-hybridized carbons (Fsp3) is 0.600. The monoisotopic (exact) mass is 348 g/mol. The summed E-state index contributed by atoms with van der Waals surface area (Å²) in [6.45, 7) is 1.43. The molecule has 0 aromatic carbocycles. The zero-order valence-electron chi connectivity index (χ0n) is 13.5. The van der Waals surface area contributed by atoms with Crippen molar-refractivity contribution in [2.24, 2.45) is 12.5 Å². The van der Waals surface area contributed by atoms with E-state index in [2.05, 4.69) is 25.4 Å². The van der Waals surface area contributed by atoms with E-state index in [1.165, 1.54) is 24.2 Å². The van der Waals surface area contributed by atoms with E-state index in [1.54, 1.807) is 17.1 Å². The zero-order valence-corrected chi connectivity index (χ0v) is 14.3. The summed E-state index contributed by atoms with van der Waals surface area (Å²) in [5.74, 6) is -0.152. The minimum absolute atomic E-state index is 0.0856. The lowest BCUT2D eigenvalue weighted by molar-refractivity contribution is 0.0946. The van der Waals surface area contributed by atoms with Crippen LogP contribution in [0.3, 0.4) is 0 Å². The molecule has 0 radical (unpaired) electrons. The van der Waals surface area contributed by atoms with E-state index in [0.717, 1.165) is 18.1 Å². The van der Waals surface area contributed by atoms with Crippen molar-refractivity contribution >= 4 is 22.4 Å². The number of aliphatic hydroxyl groups is 1. The molecule has 1 spiro atoms. The highest BCUT2D eigenvalue weighted by Crippen LogP contribution is 2.55. The quantitative estimate of drug-likeness (QED) is 0.819. The molecule has 1 atom stereocenters. The molecule has 2 aromatic rings. The maximum absolute atomic E-state index is 12.2. The van der Waals surface area contributed by atoms with Gasteiger partial charge in [-0.25, -0.2) is 4.98 Å². The van der Waals surface area contributed by atoms with Crippen molar-refractivity contribution in [3.8, 4) is 0 Å². The first-order valence-electron chi connectivity index (χ1n) is 8.05. The van der Waals surface area contributed by atoms with E-state index in [4.69, 9.17) is 0 Å². The van der Waals surface area contributed by atoms with E-state index in [9.17, 15) is 9.90 Å². The van der Waals surface area contributed by atoms with Crippen LogP contribution < -0.4 is 10.2 Å². The number of aryl methyl sites for hydroxylation is 1. The lowest BCUT2D eigenvalue weighted by atomic mass is 10.0. The van der Waals surface area contributed by atoms with Gasteiger partial charge in [-0.15, -0.1) is 10.2 Å². The minimum atomic E-state index is -0.152. The Bertz CT molecular complexity index is 753. The number of carbonyl (C=O) groups excluding carboxylic acids is 1. The summed E-state index contributed by atoms with van der Waals surface area (Å²) in [6.07, 6.45) is 6.86. The molecule has 1 amide bonds. The van der Waals surface area contributed by atoms with Crippen LogP contribution in [0.4, 0.5) is 5.13 Å². The van der Waals surface area contributed by atoms with Gasteiger partial charge in [-0.3, -0.25) is 4.79 Å². The molecule has 1 saturated carbocycles. The first-order chi connectivity index (χ1) is 11.6. The summed E-state index contributed by atoms with van der Waals surface area (Å²) in [4.78, 5) is 18.5. The van der Waals surface area contributed by atoms with Gasteiger partial charge >= 0.3 is 0 Å². The number of nitrogens with one attached hydrogen (secondary N) is 1. The summed E-state index contributed by atoms with van der Waals surface area (Å²) in [6, 6.07) is 0.208. The van der Waals surface area contributed by atoms with Crippen LogP contribution in [0.2, 0.25) is 0 Å². The Hall–Kier alpha value is -2.00. The normalized spacial score (nSPS) is 21.4. The molecule has 1 saturated heterocycles. The van der Waals surface area contributed by atoms with Crippen molar-refractivity contribution < 1.29 is 9.90 Å². The molecule has 3 heterocycles. The van der Waals surface area contributed by atoms with E-state index in [-0.39, 0.29) is 18.6 Å². The fourth-order valence-corrected chi connectivity index (χ4v) is 4.14. The highest BCUT2D eigenvalue weighted by molar-refractivity contribution is 7.15. The molecular weight excluding hydrogens is 328 g/mol. The average Bonchev–Trinajstić information content (AvgIpc) is 2.97. The van der Waals surface area contributed by atoms with Crippen LogP contribution in [0.25, 0.3) is 0 Å². The van der Waals surface area contributed by atoms with Gasteiger partial charge in [0.1, 0.15) is 10.7 Å². The van der Waals surface area contributed by atoms with E-state index in [1.807, 2.05) is 7.05 Å². The van der Waals surface area contributed by atoms with Gasteiger partial charge in [0.2, 0.25) is 5.13 Å². The van der Waals surface area contributed by atoms with Gasteiger partial charge in [0.15, 0.2) is 0 Å². The van der Waals surface area contributed by atoms with Crippen LogP contribution in [0.1, 0.15) is 34.8 Å². The Labute approximate surface area is 143 Å². The van der Waals surface area contributed by atoms with Crippen LogP contribution in [0.5, 0.6) is 0 Å². The third-order valence-electron chi connectivity index (χ3n) is 4.85. The molecule has 2 aromatic heterocycles.